The predicted octanol–water partition coefficient (Wildman–Crippen LogP) is 3.18. The number of benzene rings is 2. The number of anilines is 1. The molecule has 1 amide bonds. The van der Waals surface area contributed by atoms with Crippen molar-refractivity contribution in [3.8, 4) is 5.75 Å². The summed E-state index contributed by atoms with van der Waals surface area (Å²) >= 11 is 1.44. The minimum absolute atomic E-state index is 0.0153. The van der Waals surface area contributed by atoms with Gasteiger partial charge in [-0.15, -0.1) is 0 Å². The van der Waals surface area contributed by atoms with E-state index in [4.69, 9.17) is 4.74 Å². The van der Waals surface area contributed by atoms with Gasteiger partial charge in [-0.1, -0.05) is 17.4 Å². The van der Waals surface area contributed by atoms with Crippen LogP contribution in [0.3, 0.4) is 0 Å². The maximum absolute atomic E-state index is 12.7. The second-order valence-corrected chi connectivity index (χ2v) is 7.43. The van der Waals surface area contributed by atoms with E-state index in [1.54, 1.807) is 31.4 Å². The van der Waals surface area contributed by atoms with E-state index in [0.717, 1.165) is 15.3 Å². The molecule has 0 saturated carbocycles. The number of hydrogen-bond donors (Lipinski definition) is 0. The fraction of sp³-hybridized carbons (Fsp3) is 0.263. The maximum atomic E-state index is 12.7. The lowest BCUT2D eigenvalue weighted by Crippen LogP contribution is -2.48. The van der Waals surface area contributed by atoms with E-state index in [1.165, 1.54) is 17.4 Å². The first-order valence-electron chi connectivity index (χ1n) is 8.78. The van der Waals surface area contributed by atoms with Gasteiger partial charge in [-0.3, -0.25) is 14.9 Å². The van der Waals surface area contributed by atoms with Crippen molar-refractivity contribution in [3.05, 3.63) is 58.1 Å². The Morgan fingerprint density at radius 1 is 1.18 bits per heavy atom. The van der Waals surface area contributed by atoms with Crippen LogP contribution in [0.2, 0.25) is 0 Å². The molecule has 9 heteroatoms. The normalized spacial score (nSPS) is 14.3. The van der Waals surface area contributed by atoms with Crippen molar-refractivity contribution in [3.63, 3.8) is 0 Å². The molecule has 1 aliphatic rings. The second-order valence-electron chi connectivity index (χ2n) is 6.42. The third kappa shape index (κ3) is 3.48. The van der Waals surface area contributed by atoms with Crippen LogP contribution in [0.25, 0.3) is 10.2 Å². The van der Waals surface area contributed by atoms with Crippen LogP contribution >= 0.6 is 11.3 Å². The smallest absolute Gasteiger partial charge is 0.270 e. The number of amides is 1. The van der Waals surface area contributed by atoms with E-state index in [-0.39, 0.29) is 11.6 Å². The van der Waals surface area contributed by atoms with Gasteiger partial charge in [-0.2, -0.15) is 0 Å². The zero-order valence-corrected chi connectivity index (χ0v) is 16.0. The summed E-state index contributed by atoms with van der Waals surface area (Å²) < 4.78 is 5.98. The molecule has 0 bridgehead atoms. The zero-order valence-electron chi connectivity index (χ0n) is 15.2. The number of non-ortho nitro benzene ring substituents is 1. The Bertz CT molecular complexity index is 1040. The Hall–Kier alpha value is -3.20. The van der Waals surface area contributed by atoms with Crippen LogP contribution in [-0.4, -0.2) is 54.0 Å². The van der Waals surface area contributed by atoms with Crippen molar-refractivity contribution in [2.75, 3.05) is 38.2 Å². The fourth-order valence-electron chi connectivity index (χ4n) is 3.19. The molecule has 3 aromatic rings. The molecule has 2 aromatic carbocycles. The van der Waals surface area contributed by atoms with Crippen LogP contribution in [-0.2, 0) is 0 Å². The first-order valence-corrected chi connectivity index (χ1v) is 9.60. The molecule has 4 rings (SSSR count). The molecule has 144 valence electrons. The summed E-state index contributed by atoms with van der Waals surface area (Å²) in [5.74, 6) is 0.645. The number of thiazole rings is 1. The Balaban J connectivity index is 1.45. The van der Waals surface area contributed by atoms with Crippen LogP contribution in [0.4, 0.5) is 10.8 Å². The standard InChI is InChI=1S/C19H18N4O4S/c1-27-15-4-2-3-13(11-15)18(24)21-7-9-22(10-8-21)19-20-16-6-5-14(23(25)26)12-17(16)28-19/h2-6,11-12H,7-10H2,1H3. The summed E-state index contributed by atoms with van der Waals surface area (Å²) in [7, 11) is 1.58. The topological polar surface area (TPSA) is 88.8 Å². The Morgan fingerprint density at radius 3 is 2.68 bits per heavy atom. The van der Waals surface area contributed by atoms with Gasteiger partial charge in [0.05, 0.1) is 22.2 Å². The van der Waals surface area contributed by atoms with E-state index in [0.29, 0.717) is 37.5 Å². The number of carbonyl (C=O) groups excluding carboxylic acids is 1. The van der Waals surface area contributed by atoms with Gasteiger partial charge in [0.1, 0.15) is 5.75 Å². The van der Waals surface area contributed by atoms with Crippen molar-refractivity contribution in [1.29, 1.82) is 0 Å². The first-order chi connectivity index (χ1) is 13.5. The number of aromatic nitrogens is 1. The van der Waals surface area contributed by atoms with Gasteiger partial charge < -0.3 is 14.5 Å². The van der Waals surface area contributed by atoms with E-state index < -0.39 is 4.92 Å². The van der Waals surface area contributed by atoms with Gasteiger partial charge in [0, 0.05) is 43.9 Å². The van der Waals surface area contributed by atoms with Gasteiger partial charge in [0.15, 0.2) is 5.13 Å². The highest BCUT2D eigenvalue weighted by atomic mass is 32.1. The highest BCUT2D eigenvalue weighted by molar-refractivity contribution is 7.22. The van der Waals surface area contributed by atoms with Crippen LogP contribution in [0, 0.1) is 10.1 Å². The number of ether oxygens (including phenoxy) is 1. The average Bonchev–Trinajstić information content (AvgIpc) is 3.16. The zero-order chi connectivity index (χ0) is 19.7. The molecule has 0 aliphatic carbocycles. The van der Waals surface area contributed by atoms with E-state index in [9.17, 15) is 14.9 Å². The number of carbonyl (C=O) groups is 1. The van der Waals surface area contributed by atoms with Crippen LogP contribution in [0.15, 0.2) is 42.5 Å². The largest absolute Gasteiger partial charge is 0.497 e. The van der Waals surface area contributed by atoms with Gasteiger partial charge in [0.25, 0.3) is 11.6 Å². The predicted molar refractivity (Wildman–Crippen MR) is 107 cm³/mol. The average molecular weight is 398 g/mol. The number of rotatable bonds is 4. The molecule has 0 radical (unpaired) electrons. The lowest BCUT2D eigenvalue weighted by molar-refractivity contribution is -0.384. The molecule has 28 heavy (non-hydrogen) atoms. The molecule has 0 unspecified atom stereocenters. The Kier molecular flexibility index (Phi) is 4.82. The van der Waals surface area contributed by atoms with E-state index >= 15 is 0 Å². The molecule has 0 atom stereocenters. The summed E-state index contributed by atoms with van der Waals surface area (Å²) in [6.07, 6.45) is 0. The quantitative estimate of drug-likeness (QED) is 0.495. The van der Waals surface area contributed by atoms with Gasteiger partial charge in [-0.25, -0.2) is 4.98 Å². The monoisotopic (exact) mass is 398 g/mol. The number of hydrogen-bond acceptors (Lipinski definition) is 7. The number of nitrogens with zero attached hydrogens (tertiary/aromatic N) is 4. The lowest BCUT2D eigenvalue weighted by Gasteiger charge is -2.34. The molecule has 0 spiro atoms. The lowest BCUT2D eigenvalue weighted by atomic mass is 10.1. The summed E-state index contributed by atoms with van der Waals surface area (Å²) in [6.45, 7) is 2.51. The fourth-order valence-corrected chi connectivity index (χ4v) is 4.24. The molecule has 8 nitrogen and oxygen atoms in total. The van der Waals surface area contributed by atoms with Crippen molar-refractivity contribution in [1.82, 2.24) is 9.88 Å². The molecule has 2 heterocycles. The number of nitro benzene ring substituents is 1. The van der Waals surface area contributed by atoms with Crippen LogP contribution in [0.1, 0.15) is 10.4 Å². The summed E-state index contributed by atoms with van der Waals surface area (Å²) in [5.41, 5.74) is 1.43. The Morgan fingerprint density at radius 2 is 1.96 bits per heavy atom. The van der Waals surface area contributed by atoms with E-state index in [1.807, 2.05) is 17.0 Å². The number of methoxy groups -OCH3 is 1. The highest BCUT2D eigenvalue weighted by Crippen LogP contribution is 2.32. The molecular formula is C19H18N4O4S. The van der Waals surface area contributed by atoms with E-state index in [2.05, 4.69) is 9.88 Å². The van der Waals surface area contributed by atoms with Crippen molar-refractivity contribution < 1.29 is 14.5 Å². The minimum atomic E-state index is -0.401. The molecular weight excluding hydrogens is 380 g/mol. The minimum Gasteiger partial charge on any atom is -0.497 e. The second kappa shape index (κ2) is 7.43. The highest BCUT2D eigenvalue weighted by Gasteiger charge is 2.24. The summed E-state index contributed by atoms with van der Waals surface area (Å²) in [4.78, 5) is 31.8. The third-order valence-electron chi connectivity index (χ3n) is 4.73. The van der Waals surface area contributed by atoms with Crippen LogP contribution < -0.4 is 9.64 Å². The number of nitro groups is 1. The van der Waals surface area contributed by atoms with Gasteiger partial charge in [-0.05, 0) is 24.3 Å². The summed E-state index contributed by atoms with van der Waals surface area (Å²) in [5, 5.41) is 11.8. The molecule has 1 fully saturated rings. The Labute approximate surface area is 165 Å². The summed E-state index contributed by atoms with van der Waals surface area (Å²) in [6, 6.07) is 11.9. The SMILES string of the molecule is COc1cccc(C(=O)N2CCN(c3nc4ccc([N+](=O)[O-])cc4s3)CC2)c1. The molecule has 1 aromatic heterocycles. The molecule has 0 N–H and O–H groups in total. The van der Waals surface area contributed by atoms with Crippen molar-refractivity contribution in [2.24, 2.45) is 0 Å². The van der Waals surface area contributed by atoms with Gasteiger partial charge in [0.2, 0.25) is 0 Å². The molecule has 1 saturated heterocycles. The number of fused-ring (bicyclic) bond motifs is 1. The van der Waals surface area contributed by atoms with Crippen molar-refractivity contribution >= 4 is 38.3 Å². The maximum Gasteiger partial charge on any atom is 0.270 e. The van der Waals surface area contributed by atoms with Gasteiger partial charge >= 0.3 is 0 Å². The van der Waals surface area contributed by atoms with Crippen LogP contribution in [0.5, 0.6) is 5.75 Å². The molecule has 1 aliphatic heterocycles. The van der Waals surface area contributed by atoms with Crippen molar-refractivity contribution in [2.45, 2.75) is 0 Å². The first kappa shape index (κ1) is 18.2. The third-order valence-corrected chi connectivity index (χ3v) is 5.80. The number of piperazine rings is 1.